The van der Waals surface area contributed by atoms with Crippen molar-refractivity contribution in [2.75, 3.05) is 0 Å². The van der Waals surface area contributed by atoms with E-state index in [0.29, 0.717) is 36.5 Å². The Bertz CT molecular complexity index is 644. The number of hydrogen-bond acceptors (Lipinski definition) is 4. The number of ketones is 1. The molecule has 0 aromatic heterocycles. The van der Waals surface area contributed by atoms with Crippen molar-refractivity contribution in [1.82, 2.24) is 0 Å². The summed E-state index contributed by atoms with van der Waals surface area (Å²) in [5, 5.41) is 10.6. The second-order valence-corrected chi connectivity index (χ2v) is 10.6. The number of carbonyl (C=O) groups is 2. The van der Waals surface area contributed by atoms with Crippen LogP contribution < -0.4 is 0 Å². The molecule has 0 aromatic rings. The van der Waals surface area contributed by atoms with Crippen LogP contribution in [0.25, 0.3) is 0 Å². The zero-order valence-electron chi connectivity index (χ0n) is 17.4. The number of carbonyl (C=O) groups excluding carboxylic acids is 2. The Morgan fingerprint density at radius 3 is 2.26 bits per heavy atom. The Morgan fingerprint density at radius 2 is 1.59 bits per heavy atom. The minimum absolute atomic E-state index is 0.0111. The topological polar surface area (TPSA) is 63.6 Å². The lowest BCUT2D eigenvalue weighted by Crippen LogP contribution is -2.58. The maximum Gasteiger partial charge on any atom is 0.303 e. The summed E-state index contributed by atoms with van der Waals surface area (Å²) in [7, 11) is 0. The van der Waals surface area contributed by atoms with Crippen LogP contribution in [0.2, 0.25) is 0 Å². The summed E-state index contributed by atoms with van der Waals surface area (Å²) in [6.45, 7) is 7.77. The lowest BCUT2D eigenvalue weighted by molar-refractivity contribution is -0.187. The summed E-state index contributed by atoms with van der Waals surface area (Å²) in [4.78, 5) is 24.1. The van der Waals surface area contributed by atoms with Gasteiger partial charge in [0.15, 0.2) is 11.4 Å². The van der Waals surface area contributed by atoms with Crippen LogP contribution in [-0.4, -0.2) is 28.6 Å². The highest BCUT2D eigenvalue weighted by molar-refractivity contribution is 5.87. The lowest BCUT2D eigenvalue weighted by Gasteiger charge is -2.61. The summed E-state index contributed by atoms with van der Waals surface area (Å²) in [5.41, 5.74) is -0.549. The van der Waals surface area contributed by atoms with Crippen LogP contribution in [0.1, 0.15) is 85.5 Å². The van der Waals surface area contributed by atoms with Crippen molar-refractivity contribution in [3.05, 3.63) is 0 Å². The van der Waals surface area contributed by atoms with Crippen molar-refractivity contribution in [3.63, 3.8) is 0 Å². The molecule has 4 saturated carbocycles. The van der Waals surface area contributed by atoms with Crippen molar-refractivity contribution in [1.29, 1.82) is 0 Å². The molecule has 0 aliphatic heterocycles. The van der Waals surface area contributed by atoms with Gasteiger partial charge in [-0.3, -0.25) is 9.59 Å². The molecule has 0 heterocycles. The number of aliphatic hydroxyl groups excluding tert-OH is 1. The van der Waals surface area contributed by atoms with E-state index in [1.807, 2.05) is 0 Å². The zero-order valence-corrected chi connectivity index (χ0v) is 17.4. The number of hydrogen-bond donors (Lipinski definition) is 1. The second-order valence-electron chi connectivity index (χ2n) is 10.6. The van der Waals surface area contributed by atoms with E-state index in [1.54, 1.807) is 6.92 Å². The van der Waals surface area contributed by atoms with Gasteiger partial charge in [0.25, 0.3) is 0 Å². The van der Waals surface area contributed by atoms with Gasteiger partial charge in [-0.05, 0) is 99.2 Å². The van der Waals surface area contributed by atoms with Crippen LogP contribution in [0, 0.1) is 34.5 Å². The molecule has 0 saturated heterocycles. The minimum atomic E-state index is -0.893. The molecule has 0 unspecified atom stereocenters. The van der Waals surface area contributed by atoms with Gasteiger partial charge in [0.05, 0.1) is 6.10 Å². The summed E-state index contributed by atoms with van der Waals surface area (Å²) in [6.07, 6.45) is 8.99. The van der Waals surface area contributed by atoms with Gasteiger partial charge in [-0.15, -0.1) is 0 Å². The maximum atomic E-state index is 12.4. The Labute approximate surface area is 163 Å². The fourth-order valence-electron chi connectivity index (χ4n) is 7.96. The molecule has 4 aliphatic carbocycles. The van der Waals surface area contributed by atoms with Gasteiger partial charge in [-0.1, -0.05) is 13.8 Å². The first kappa shape index (κ1) is 19.4. The van der Waals surface area contributed by atoms with Crippen molar-refractivity contribution >= 4 is 11.8 Å². The van der Waals surface area contributed by atoms with E-state index in [-0.39, 0.29) is 28.7 Å². The fourth-order valence-corrected chi connectivity index (χ4v) is 7.96. The van der Waals surface area contributed by atoms with Gasteiger partial charge in [-0.25, -0.2) is 0 Å². The molecular weight excluding hydrogens is 340 g/mol. The van der Waals surface area contributed by atoms with Crippen LogP contribution in [0.15, 0.2) is 0 Å². The number of rotatable bonds is 2. The van der Waals surface area contributed by atoms with Crippen molar-refractivity contribution in [2.45, 2.75) is 97.2 Å². The van der Waals surface area contributed by atoms with E-state index in [1.165, 1.54) is 26.2 Å². The highest BCUT2D eigenvalue weighted by Crippen LogP contribution is 2.67. The van der Waals surface area contributed by atoms with Crippen molar-refractivity contribution < 1.29 is 19.4 Å². The Balaban J connectivity index is 1.59. The van der Waals surface area contributed by atoms with Crippen molar-refractivity contribution in [3.8, 4) is 0 Å². The number of fused-ring (bicyclic) bond motifs is 5. The second kappa shape index (κ2) is 6.30. The standard InChI is InChI=1S/C23H36O4/c1-14(24)23(27-15(2)25)12-11-21(3)16(13-23)5-6-17-18-7-8-20(26)22(18,4)10-9-19(17)21/h16-20,26H,5-13H2,1-4H3/t16-,17+,18+,19+,20+,21+,22+,23-/m1/s1. The van der Waals surface area contributed by atoms with E-state index < -0.39 is 5.60 Å². The van der Waals surface area contributed by atoms with Crippen LogP contribution in [0.3, 0.4) is 0 Å². The van der Waals surface area contributed by atoms with Crippen LogP contribution >= 0.6 is 0 Å². The molecule has 0 amide bonds. The summed E-state index contributed by atoms with van der Waals surface area (Å²) >= 11 is 0. The minimum Gasteiger partial charge on any atom is -0.451 e. The molecule has 4 fully saturated rings. The van der Waals surface area contributed by atoms with Crippen molar-refractivity contribution in [2.24, 2.45) is 34.5 Å². The van der Waals surface area contributed by atoms with Gasteiger partial charge in [-0.2, -0.15) is 0 Å². The largest absolute Gasteiger partial charge is 0.451 e. The smallest absolute Gasteiger partial charge is 0.303 e. The predicted octanol–water partition coefficient (Wildman–Crippen LogP) is 4.28. The van der Waals surface area contributed by atoms with Gasteiger partial charge < -0.3 is 9.84 Å². The third kappa shape index (κ3) is 2.73. The van der Waals surface area contributed by atoms with Crippen LogP contribution in [0.4, 0.5) is 0 Å². The Morgan fingerprint density at radius 1 is 0.889 bits per heavy atom. The number of Topliss-reactive ketones (excluding diaryl/α,β-unsaturated/α-hetero) is 1. The molecular formula is C23H36O4. The van der Waals surface area contributed by atoms with E-state index >= 15 is 0 Å². The molecule has 0 radical (unpaired) electrons. The first-order valence-electron chi connectivity index (χ1n) is 11.0. The monoisotopic (exact) mass is 376 g/mol. The van der Waals surface area contributed by atoms with E-state index in [0.717, 1.165) is 25.7 Å². The average molecular weight is 377 g/mol. The summed E-state index contributed by atoms with van der Waals surface area (Å²) in [6, 6.07) is 0. The number of ether oxygens (including phenoxy) is 1. The third-order valence-corrected chi connectivity index (χ3v) is 9.64. The molecule has 27 heavy (non-hydrogen) atoms. The Hall–Kier alpha value is -0.900. The molecule has 152 valence electrons. The van der Waals surface area contributed by atoms with Crippen LogP contribution in [0.5, 0.6) is 0 Å². The molecule has 1 N–H and O–H groups in total. The third-order valence-electron chi connectivity index (χ3n) is 9.64. The molecule has 0 spiro atoms. The average Bonchev–Trinajstić information content (AvgIpc) is 2.90. The SMILES string of the molecule is CC(=O)O[C@]1(C(C)=O)CC[C@@]2(C)[C@H](CC[C@@H]3[C@@H]2CC[C@]2(C)[C@@H](O)CC[C@@H]32)C1. The highest BCUT2D eigenvalue weighted by atomic mass is 16.6. The quantitative estimate of drug-likeness (QED) is 0.731. The van der Waals surface area contributed by atoms with Gasteiger partial charge in [0.1, 0.15) is 0 Å². The van der Waals surface area contributed by atoms with E-state index in [9.17, 15) is 14.7 Å². The molecule has 4 rings (SSSR count). The van der Waals surface area contributed by atoms with Crippen LogP contribution in [-0.2, 0) is 14.3 Å². The normalized spacial score (nSPS) is 51.7. The molecule has 4 nitrogen and oxygen atoms in total. The fraction of sp³-hybridized carbons (Fsp3) is 0.913. The molecule has 0 aromatic carbocycles. The zero-order chi connectivity index (χ0) is 19.6. The van der Waals surface area contributed by atoms with Gasteiger partial charge >= 0.3 is 5.97 Å². The molecule has 4 aliphatic rings. The summed E-state index contributed by atoms with van der Waals surface area (Å²) < 4.78 is 5.65. The first-order chi connectivity index (χ1) is 12.6. The molecule has 8 atom stereocenters. The number of esters is 1. The first-order valence-corrected chi connectivity index (χ1v) is 11.0. The number of aliphatic hydroxyl groups is 1. The molecule has 4 heteroatoms. The Kier molecular flexibility index (Phi) is 4.53. The lowest BCUT2D eigenvalue weighted by atomic mass is 9.44. The maximum absolute atomic E-state index is 12.4. The van der Waals surface area contributed by atoms with Gasteiger partial charge in [0, 0.05) is 6.92 Å². The van der Waals surface area contributed by atoms with E-state index in [4.69, 9.17) is 4.74 Å². The highest BCUT2D eigenvalue weighted by Gasteiger charge is 2.62. The van der Waals surface area contributed by atoms with E-state index in [2.05, 4.69) is 13.8 Å². The molecule has 0 bridgehead atoms. The van der Waals surface area contributed by atoms with Gasteiger partial charge in [0.2, 0.25) is 0 Å². The predicted molar refractivity (Wildman–Crippen MR) is 103 cm³/mol. The summed E-state index contributed by atoms with van der Waals surface area (Å²) in [5.74, 6) is 2.17.